The molecule has 8 heteroatoms. The molecule has 1 aliphatic rings. The van der Waals surface area contributed by atoms with E-state index in [2.05, 4.69) is 5.32 Å². The molecule has 0 radical (unpaired) electrons. The monoisotopic (exact) mass is 305 g/mol. The first-order valence-electron chi connectivity index (χ1n) is 5.51. The average Bonchev–Trinajstić information content (AvgIpc) is 2.85. The van der Waals surface area contributed by atoms with Crippen molar-refractivity contribution in [3.63, 3.8) is 0 Å². The summed E-state index contributed by atoms with van der Waals surface area (Å²) in [4.78, 5) is 23.6. The Kier molecular flexibility index (Phi) is 3.82. The first-order chi connectivity index (χ1) is 8.84. The summed E-state index contributed by atoms with van der Waals surface area (Å²) in [5.41, 5.74) is -1.65. The van der Waals surface area contributed by atoms with E-state index < -0.39 is 29.6 Å². The van der Waals surface area contributed by atoms with Crippen molar-refractivity contribution >= 4 is 34.8 Å². The van der Waals surface area contributed by atoms with Gasteiger partial charge in [-0.3, -0.25) is 4.79 Å². The Morgan fingerprint density at radius 3 is 2.32 bits per heavy atom. The van der Waals surface area contributed by atoms with Crippen molar-refractivity contribution < 1.29 is 24.9 Å². The van der Waals surface area contributed by atoms with Gasteiger partial charge in [0.15, 0.2) is 0 Å². The molecule has 1 amide bonds. The summed E-state index contributed by atoms with van der Waals surface area (Å²) < 4.78 is 0.418. The highest BCUT2D eigenvalue weighted by atomic mass is 35.5. The van der Waals surface area contributed by atoms with Crippen molar-refractivity contribution in [2.45, 2.75) is 30.6 Å². The number of carbonyl (C=O) groups excluding carboxylic acids is 1. The maximum absolute atomic E-state index is 12.0. The summed E-state index contributed by atoms with van der Waals surface area (Å²) in [5, 5.41) is 30.6. The van der Waals surface area contributed by atoms with Crippen LogP contribution < -0.4 is 5.32 Å². The lowest BCUT2D eigenvalue weighted by Gasteiger charge is -2.24. The van der Waals surface area contributed by atoms with E-state index in [-0.39, 0.29) is 17.7 Å². The van der Waals surface area contributed by atoms with E-state index in [0.717, 1.165) is 11.3 Å². The van der Waals surface area contributed by atoms with Gasteiger partial charge in [0.2, 0.25) is 0 Å². The number of carbonyl (C=O) groups is 2. The number of hydrogen-bond acceptors (Lipinski definition) is 5. The molecule has 2 atom stereocenters. The number of thiophene rings is 1. The van der Waals surface area contributed by atoms with E-state index in [0.29, 0.717) is 4.34 Å². The Labute approximate surface area is 117 Å². The van der Waals surface area contributed by atoms with Gasteiger partial charge in [-0.25, -0.2) is 4.79 Å². The number of halogens is 1. The normalized spacial score (nSPS) is 30.3. The molecule has 6 nitrogen and oxygen atoms in total. The molecule has 0 aliphatic heterocycles. The third-order valence-electron chi connectivity index (χ3n) is 3.12. The van der Waals surface area contributed by atoms with E-state index in [1.54, 1.807) is 0 Å². The van der Waals surface area contributed by atoms with Gasteiger partial charge in [0.05, 0.1) is 21.4 Å². The Morgan fingerprint density at radius 1 is 1.32 bits per heavy atom. The minimum absolute atomic E-state index is 0.228. The number of hydrogen-bond donors (Lipinski definition) is 4. The minimum Gasteiger partial charge on any atom is -0.480 e. The lowest BCUT2D eigenvalue weighted by atomic mass is 9.97. The Balaban J connectivity index is 2.19. The van der Waals surface area contributed by atoms with Gasteiger partial charge in [0.1, 0.15) is 5.54 Å². The number of carboxylic acids is 1. The number of aliphatic carboxylic acids is 1. The van der Waals surface area contributed by atoms with Crippen molar-refractivity contribution in [2.24, 2.45) is 0 Å². The van der Waals surface area contributed by atoms with Gasteiger partial charge < -0.3 is 20.6 Å². The average molecular weight is 306 g/mol. The predicted octanol–water partition coefficient (Wildman–Crippen LogP) is 0.470. The fourth-order valence-corrected chi connectivity index (χ4v) is 3.05. The highest BCUT2D eigenvalue weighted by molar-refractivity contribution is 7.18. The quantitative estimate of drug-likeness (QED) is 0.649. The molecule has 0 aromatic carbocycles. The molecule has 104 valence electrons. The third-order valence-corrected chi connectivity index (χ3v) is 4.35. The second kappa shape index (κ2) is 5.09. The third kappa shape index (κ3) is 2.74. The van der Waals surface area contributed by atoms with E-state index in [4.69, 9.17) is 11.6 Å². The SMILES string of the molecule is O=C(NC1(C(=O)O)CC(O)C(O)C1)c1ccc(Cl)s1. The molecule has 0 bridgehead atoms. The van der Waals surface area contributed by atoms with Crippen LogP contribution in [0, 0.1) is 0 Å². The topological polar surface area (TPSA) is 107 Å². The van der Waals surface area contributed by atoms with E-state index in [1.165, 1.54) is 12.1 Å². The van der Waals surface area contributed by atoms with Crippen molar-refractivity contribution in [1.82, 2.24) is 5.32 Å². The van der Waals surface area contributed by atoms with Crippen LogP contribution in [0.4, 0.5) is 0 Å². The van der Waals surface area contributed by atoms with Crippen LogP contribution in [-0.2, 0) is 4.79 Å². The second-order valence-corrected chi connectivity index (χ2v) is 6.20. The zero-order valence-corrected chi connectivity index (χ0v) is 11.2. The van der Waals surface area contributed by atoms with Crippen LogP contribution in [0.5, 0.6) is 0 Å². The van der Waals surface area contributed by atoms with Crippen LogP contribution in [0.15, 0.2) is 12.1 Å². The second-order valence-electron chi connectivity index (χ2n) is 4.49. The summed E-state index contributed by atoms with van der Waals surface area (Å²) in [6.45, 7) is 0. The molecule has 4 N–H and O–H groups in total. The lowest BCUT2D eigenvalue weighted by molar-refractivity contribution is -0.144. The van der Waals surface area contributed by atoms with Gasteiger partial charge in [-0.15, -0.1) is 11.3 Å². The summed E-state index contributed by atoms with van der Waals surface area (Å²) >= 11 is 6.73. The first-order valence-corrected chi connectivity index (χ1v) is 6.71. The first kappa shape index (κ1) is 14.3. The molecule has 2 rings (SSSR count). The van der Waals surface area contributed by atoms with Crippen LogP contribution >= 0.6 is 22.9 Å². The van der Waals surface area contributed by atoms with Gasteiger partial charge in [0.25, 0.3) is 5.91 Å². The number of amides is 1. The van der Waals surface area contributed by atoms with Crippen LogP contribution in [-0.4, -0.2) is 44.9 Å². The van der Waals surface area contributed by atoms with Crippen molar-refractivity contribution in [1.29, 1.82) is 0 Å². The molecule has 19 heavy (non-hydrogen) atoms. The summed E-state index contributed by atoms with van der Waals surface area (Å²) in [7, 11) is 0. The summed E-state index contributed by atoms with van der Waals surface area (Å²) in [5.74, 6) is -1.86. The molecule has 0 spiro atoms. The molecule has 1 aliphatic carbocycles. The van der Waals surface area contributed by atoms with E-state index in [1.807, 2.05) is 0 Å². The molecular formula is C11H12ClNO5S. The maximum atomic E-state index is 12.0. The van der Waals surface area contributed by atoms with Gasteiger partial charge in [-0.2, -0.15) is 0 Å². The van der Waals surface area contributed by atoms with Crippen LogP contribution in [0.3, 0.4) is 0 Å². The molecule has 1 fully saturated rings. The molecule has 2 unspecified atom stereocenters. The molecule has 1 heterocycles. The smallest absolute Gasteiger partial charge is 0.329 e. The van der Waals surface area contributed by atoms with Crippen molar-refractivity contribution in [2.75, 3.05) is 0 Å². The molecule has 1 aromatic heterocycles. The minimum atomic E-state index is -1.65. The Morgan fingerprint density at radius 2 is 1.89 bits per heavy atom. The Hall–Kier alpha value is -1.15. The Bertz CT molecular complexity index is 507. The van der Waals surface area contributed by atoms with Crippen LogP contribution in [0.2, 0.25) is 4.34 Å². The van der Waals surface area contributed by atoms with Gasteiger partial charge >= 0.3 is 5.97 Å². The largest absolute Gasteiger partial charge is 0.480 e. The standard InChI is InChI=1S/C11H12ClNO5S/c12-8-2-1-7(19-8)9(16)13-11(10(17)18)3-5(14)6(15)4-11/h1-2,5-6,14-15H,3-4H2,(H,13,16)(H,17,18). The van der Waals surface area contributed by atoms with E-state index >= 15 is 0 Å². The van der Waals surface area contributed by atoms with Gasteiger partial charge in [-0.1, -0.05) is 11.6 Å². The maximum Gasteiger partial charge on any atom is 0.329 e. The highest BCUT2D eigenvalue weighted by Crippen LogP contribution is 2.32. The lowest BCUT2D eigenvalue weighted by Crippen LogP contribution is -2.53. The molecule has 1 aromatic rings. The van der Waals surface area contributed by atoms with E-state index in [9.17, 15) is 24.9 Å². The number of aliphatic hydroxyl groups is 2. The summed E-state index contributed by atoms with van der Waals surface area (Å²) in [6, 6.07) is 3.02. The zero-order chi connectivity index (χ0) is 14.2. The number of carboxylic acid groups (broad SMARTS) is 1. The molecule has 1 saturated carbocycles. The van der Waals surface area contributed by atoms with Gasteiger partial charge in [0, 0.05) is 12.8 Å². The van der Waals surface area contributed by atoms with Crippen molar-refractivity contribution in [3.05, 3.63) is 21.3 Å². The number of rotatable bonds is 3. The highest BCUT2D eigenvalue weighted by Gasteiger charge is 2.51. The zero-order valence-electron chi connectivity index (χ0n) is 9.67. The fraction of sp³-hybridized carbons (Fsp3) is 0.455. The predicted molar refractivity (Wildman–Crippen MR) is 68.4 cm³/mol. The number of nitrogens with one attached hydrogen (secondary N) is 1. The van der Waals surface area contributed by atoms with Gasteiger partial charge in [-0.05, 0) is 12.1 Å². The number of aliphatic hydroxyl groups excluding tert-OH is 2. The molecule has 0 saturated heterocycles. The van der Waals surface area contributed by atoms with Crippen LogP contribution in [0.25, 0.3) is 0 Å². The van der Waals surface area contributed by atoms with Crippen molar-refractivity contribution in [3.8, 4) is 0 Å². The molecular weight excluding hydrogens is 294 g/mol. The fourth-order valence-electron chi connectivity index (χ4n) is 2.11. The van der Waals surface area contributed by atoms with Crippen LogP contribution in [0.1, 0.15) is 22.5 Å². The summed E-state index contributed by atoms with van der Waals surface area (Å²) in [6.07, 6.45) is -2.78.